The lowest BCUT2D eigenvalue weighted by molar-refractivity contribution is -0.887. The molecule has 0 amide bonds. The third-order valence-electron chi connectivity index (χ3n) is 5.37. The predicted octanol–water partition coefficient (Wildman–Crippen LogP) is 3.45. The Morgan fingerprint density at radius 2 is 2.25 bits per heavy atom. The quantitative estimate of drug-likeness (QED) is 0.691. The van der Waals surface area contributed by atoms with E-state index in [0.29, 0.717) is 19.6 Å². The summed E-state index contributed by atoms with van der Waals surface area (Å²) < 4.78 is 13.4. The maximum atomic E-state index is 13.6. The fraction of sp³-hybridized carbons (Fsp3) is 0.421. The first-order valence-corrected chi connectivity index (χ1v) is 8.65. The number of halogens is 1. The molecule has 126 valence electrons. The van der Waals surface area contributed by atoms with E-state index in [1.165, 1.54) is 11.6 Å². The van der Waals surface area contributed by atoms with Crippen molar-refractivity contribution in [3.05, 3.63) is 64.9 Å². The van der Waals surface area contributed by atoms with Crippen molar-refractivity contribution in [3.8, 4) is 0 Å². The summed E-state index contributed by atoms with van der Waals surface area (Å²) in [5, 5.41) is 16.6. The Bertz CT molecular complexity index is 724. The summed E-state index contributed by atoms with van der Waals surface area (Å²) in [7, 11) is 0. The molecule has 1 aromatic carbocycles. The van der Waals surface area contributed by atoms with Crippen LogP contribution in [0.3, 0.4) is 0 Å². The van der Waals surface area contributed by atoms with Gasteiger partial charge in [0.25, 0.3) is 0 Å². The summed E-state index contributed by atoms with van der Waals surface area (Å²) in [6.45, 7) is 1.79. The number of aromatic nitrogens is 1. The molecule has 3 atom stereocenters. The molecule has 24 heavy (non-hydrogen) atoms. The zero-order valence-electron chi connectivity index (χ0n) is 13.6. The number of nitrogens with one attached hydrogen (secondary N) is 1. The zero-order chi connectivity index (χ0) is 16.6. The first-order chi connectivity index (χ1) is 11.6. The third-order valence-corrected chi connectivity index (χ3v) is 5.37. The maximum Gasteiger partial charge on any atom is 0.123 e. The Morgan fingerprint density at radius 1 is 1.33 bits per heavy atom. The van der Waals surface area contributed by atoms with Gasteiger partial charge in [0, 0.05) is 37.0 Å². The van der Waals surface area contributed by atoms with E-state index in [2.05, 4.69) is 10.3 Å². The zero-order valence-corrected chi connectivity index (χ0v) is 13.6. The Balaban J connectivity index is 1.42. The van der Waals surface area contributed by atoms with Gasteiger partial charge >= 0.3 is 0 Å². The van der Waals surface area contributed by atoms with Gasteiger partial charge in [0.2, 0.25) is 0 Å². The summed E-state index contributed by atoms with van der Waals surface area (Å²) in [5.74, 6) is -0.0947. The third kappa shape index (κ3) is 3.01. The number of pyridine rings is 1. The van der Waals surface area contributed by atoms with Crippen LogP contribution >= 0.6 is 0 Å². The predicted molar refractivity (Wildman–Crippen MR) is 92.0 cm³/mol. The highest BCUT2D eigenvalue weighted by Crippen LogP contribution is 2.42. The number of fused-ring (bicyclic) bond motifs is 3. The largest absolute Gasteiger partial charge is 0.633 e. The van der Waals surface area contributed by atoms with Crippen LogP contribution in [-0.2, 0) is 6.42 Å². The lowest BCUT2D eigenvalue weighted by Crippen LogP contribution is -2.53. The van der Waals surface area contributed by atoms with Gasteiger partial charge < -0.3 is 15.2 Å². The number of hydroxylamine groups is 3. The highest BCUT2D eigenvalue weighted by molar-refractivity contribution is 5.59. The number of anilines is 1. The van der Waals surface area contributed by atoms with Gasteiger partial charge in [0.1, 0.15) is 5.82 Å². The molecule has 0 spiro atoms. The molecule has 1 fully saturated rings. The van der Waals surface area contributed by atoms with Gasteiger partial charge in [-0.05, 0) is 41.8 Å². The van der Waals surface area contributed by atoms with Crippen molar-refractivity contribution < 1.29 is 9.04 Å². The van der Waals surface area contributed by atoms with Crippen molar-refractivity contribution in [1.82, 2.24) is 4.98 Å². The molecular weight excluding hydrogens is 305 g/mol. The molecule has 0 saturated carbocycles. The molecule has 0 radical (unpaired) electrons. The normalized spacial score (nSPS) is 28.1. The molecular formula is C19H22FN3O. The van der Waals surface area contributed by atoms with Crippen LogP contribution in [0.1, 0.15) is 29.9 Å². The molecule has 2 aromatic rings. The Labute approximate surface area is 141 Å². The molecule has 4 rings (SSSR count). The molecule has 5 heteroatoms. The molecule has 2 aliphatic rings. The molecule has 0 bridgehead atoms. The van der Waals surface area contributed by atoms with E-state index in [0.717, 1.165) is 30.5 Å². The second-order valence-corrected chi connectivity index (χ2v) is 7.03. The van der Waals surface area contributed by atoms with E-state index >= 15 is 0 Å². The first kappa shape index (κ1) is 15.5. The number of hydrogen-bond donors (Lipinski definition) is 1. The number of piperidine rings is 1. The van der Waals surface area contributed by atoms with E-state index in [1.807, 2.05) is 18.3 Å². The van der Waals surface area contributed by atoms with Crippen molar-refractivity contribution >= 4 is 5.69 Å². The molecule has 1 N–H and O–H groups in total. The van der Waals surface area contributed by atoms with Crippen molar-refractivity contribution in [2.45, 2.75) is 31.2 Å². The average molecular weight is 327 g/mol. The van der Waals surface area contributed by atoms with Crippen LogP contribution in [0, 0.1) is 11.0 Å². The summed E-state index contributed by atoms with van der Waals surface area (Å²) in [5.41, 5.74) is 3.15. The molecule has 3 unspecified atom stereocenters. The van der Waals surface area contributed by atoms with Gasteiger partial charge in [-0.25, -0.2) is 4.39 Å². The highest BCUT2D eigenvalue weighted by Gasteiger charge is 2.41. The number of likely N-dealkylation sites (tertiary alicyclic amines) is 1. The Kier molecular flexibility index (Phi) is 3.98. The Morgan fingerprint density at radius 3 is 3.08 bits per heavy atom. The summed E-state index contributed by atoms with van der Waals surface area (Å²) >= 11 is 0. The smallest absolute Gasteiger partial charge is 0.123 e. The molecule has 0 aliphatic carbocycles. The molecule has 1 aromatic heterocycles. The summed E-state index contributed by atoms with van der Waals surface area (Å²) in [4.78, 5) is 4.12. The molecule has 3 heterocycles. The highest BCUT2D eigenvalue weighted by atomic mass is 19.1. The van der Waals surface area contributed by atoms with Crippen molar-refractivity contribution in [2.24, 2.45) is 0 Å². The monoisotopic (exact) mass is 327 g/mol. The van der Waals surface area contributed by atoms with E-state index in [1.54, 1.807) is 18.3 Å². The van der Waals surface area contributed by atoms with E-state index in [-0.39, 0.29) is 22.4 Å². The standard InChI is InChI=1S/C19H22FN3O/c20-15-5-6-18-16(11-15)17-13-23(24,10-7-19(17)22-18)9-2-4-14-3-1-8-21-12-14/h1,3,5-6,8,11-12,17,19,22H,2,4,7,9-10,13H2. The van der Waals surface area contributed by atoms with Gasteiger partial charge in [-0.1, -0.05) is 6.07 Å². The number of aryl methyl sites for hydroxylation is 1. The van der Waals surface area contributed by atoms with Crippen molar-refractivity contribution in [2.75, 3.05) is 25.0 Å². The lowest BCUT2D eigenvalue weighted by Gasteiger charge is -2.49. The van der Waals surface area contributed by atoms with Crippen LogP contribution in [0.15, 0.2) is 42.7 Å². The van der Waals surface area contributed by atoms with Crippen LogP contribution in [0.5, 0.6) is 0 Å². The van der Waals surface area contributed by atoms with Gasteiger partial charge in [-0.2, -0.15) is 0 Å². The summed E-state index contributed by atoms with van der Waals surface area (Å²) in [6.07, 6.45) is 6.21. The van der Waals surface area contributed by atoms with Crippen LogP contribution in [0.2, 0.25) is 0 Å². The second kappa shape index (κ2) is 6.15. The number of benzene rings is 1. The molecule has 2 aliphatic heterocycles. The van der Waals surface area contributed by atoms with E-state index in [9.17, 15) is 9.60 Å². The topological polar surface area (TPSA) is 48.0 Å². The minimum absolute atomic E-state index is 0.125. The van der Waals surface area contributed by atoms with Crippen LogP contribution in [0.25, 0.3) is 0 Å². The summed E-state index contributed by atoms with van der Waals surface area (Å²) in [6, 6.07) is 9.13. The van der Waals surface area contributed by atoms with E-state index in [4.69, 9.17) is 0 Å². The number of nitrogens with zero attached hydrogens (tertiary/aromatic N) is 2. The lowest BCUT2D eigenvalue weighted by atomic mass is 9.89. The minimum Gasteiger partial charge on any atom is -0.633 e. The van der Waals surface area contributed by atoms with Crippen molar-refractivity contribution in [1.29, 1.82) is 0 Å². The minimum atomic E-state index is -0.220. The SMILES string of the molecule is [O-][N+]1(CCCc2cccnc2)CCC2Nc3ccc(F)cc3C2C1. The van der Waals surface area contributed by atoms with Crippen LogP contribution in [-0.4, -0.2) is 35.3 Å². The second-order valence-electron chi connectivity index (χ2n) is 7.03. The fourth-order valence-corrected chi connectivity index (χ4v) is 4.13. The van der Waals surface area contributed by atoms with Gasteiger partial charge in [-0.3, -0.25) is 4.98 Å². The van der Waals surface area contributed by atoms with Gasteiger partial charge in [0.15, 0.2) is 0 Å². The number of quaternary nitrogens is 1. The first-order valence-electron chi connectivity index (χ1n) is 8.65. The van der Waals surface area contributed by atoms with Crippen molar-refractivity contribution in [3.63, 3.8) is 0 Å². The average Bonchev–Trinajstić information content (AvgIpc) is 2.93. The molecule has 1 saturated heterocycles. The van der Waals surface area contributed by atoms with Crippen LogP contribution < -0.4 is 5.32 Å². The van der Waals surface area contributed by atoms with Gasteiger partial charge in [-0.15, -0.1) is 0 Å². The van der Waals surface area contributed by atoms with E-state index < -0.39 is 0 Å². The van der Waals surface area contributed by atoms with Gasteiger partial charge in [0.05, 0.1) is 25.6 Å². The van der Waals surface area contributed by atoms with Crippen LogP contribution in [0.4, 0.5) is 10.1 Å². The maximum absolute atomic E-state index is 13.6. The number of rotatable bonds is 4. The Hall–Kier alpha value is -1.98. The molecule has 4 nitrogen and oxygen atoms in total. The number of hydrogen-bond acceptors (Lipinski definition) is 3. The fourth-order valence-electron chi connectivity index (χ4n) is 4.13.